The lowest BCUT2D eigenvalue weighted by Gasteiger charge is -2.48. The van der Waals surface area contributed by atoms with Crippen LogP contribution in [0.1, 0.15) is 45.5 Å². The molecular weight excluding hydrogens is 652 g/mol. The van der Waals surface area contributed by atoms with Crippen molar-refractivity contribution in [3.63, 3.8) is 0 Å². The van der Waals surface area contributed by atoms with Crippen molar-refractivity contribution in [2.45, 2.75) is 31.0 Å². The van der Waals surface area contributed by atoms with Crippen molar-refractivity contribution in [3.05, 3.63) is 165 Å². The third kappa shape index (κ3) is 7.49. The normalized spacial score (nSPS) is 11.6. The third-order valence-electron chi connectivity index (χ3n) is 8.62. The molecule has 0 aliphatic carbocycles. The number of nitrogens with one attached hydrogen (secondary N) is 2. The molecule has 0 saturated carbocycles. The Balaban J connectivity index is 1.82. The molecule has 0 fully saturated rings. The second-order valence-electron chi connectivity index (χ2n) is 11.7. The van der Waals surface area contributed by atoms with Crippen LogP contribution in [-0.4, -0.2) is 56.0 Å². The Morgan fingerprint density at radius 3 is 1.76 bits per heavy atom. The molecule has 12 nitrogen and oxygen atoms in total. The quantitative estimate of drug-likeness (QED) is 0.0474. The Hall–Kier alpha value is -6.69. The summed E-state index contributed by atoms with van der Waals surface area (Å²) in [5, 5.41) is 47.5. The summed E-state index contributed by atoms with van der Waals surface area (Å²) in [5.74, 6) is -3.23. The van der Waals surface area contributed by atoms with E-state index in [4.69, 9.17) is 0 Å². The molecule has 0 aromatic heterocycles. The van der Waals surface area contributed by atoms with Crippen LogP contribution in [0.3, 0.4) is 0 Å². The molecule has 5 aromatic carbocycles. The van der Waals surface area contributed by atoms with Gasteiger partial charge in [0.1, 0.15) is 11.6 Å². The highest BCUT2D eigenvalue weighted by Crippen LogP contribution is 2.45. The van der Waals surface area contributed by atoms with Gasteiger partial charge in [-0.3, -0.25) is 24.5 Å². The van der Waals surface area contributed by atoms with E-state index < -0.39 is 45.7 Å². The van der Waals surface area contributed by atoms with Gasteiger partial charge in [0.05, 0.1) is 4.92 Å². The fraction of sp³-hybridized carbons (Fsp3) is 0.154. The molecular formula is C39H36N4O8. The van der Waals surface area contributed by atoms with Crippen LogP contribution < -0.4 is 10.6 Å². The summed E-state index contributed by atoms with van der Waals surface area (Å²) < 4.78 is 0. The highest BCUT2D eigenvalue weighted by Gasteiger charge is 2.50. The largest absolute Gasteiger partial charge is 0.504 e. The first-order valence-corrected chi connectivity index (χ1v) is 16.0. The number of benzene rings is 5. The number of nitro groups is 1. The van der Waals surface area contributed by atoms with Crippen molar-refractivity contribution in [1.29, 1.82) is 0 Å². The summed E-state index contributed by atoms with van der Waals surface area (Å²) in [6.45, 7) is -0.120. The molecule has 51 heavy (non-hydrogen) atoms. The van der Waals surface area contributed by atoms with Crippen molar-refractivity contribution in [3.8, 4) is 17.2 Å². The van der Waals surface area contributed by atoms with Crippen molar-refractivity contribution in [2.24, 2.45) is 0 Å². The number of phenolic OH excluding ortho intramolecular Hbond substituents is 3. The molecule has 0 unspecified atom stereocenters. The van der Waals surface area contributed by atoms with Gasteiger partial charge in [-0.15, -0.1) is 0 Å². The molecule has 0 aliphatic rings. The average Bonchev–Trinajstić information content (AvgIpc) is 3.15. The van der Waals surface area contributed by atoms with Crippen LogP contribution in [0.2, 0.25) is 0 Å². The Bertz CT molecular complexity index is 1930. The maximum Gasteiger partial charge on any atom is 0.311 e. The average molecular weight is 689 g/mol. The van der Waals surface area contributed by atoms with Gasteiger partial charge in [-0.25, -0.2) is 0 Å². The minimum atomic E-state index is -1.57. The van der Waals surface area contributed by atoms with Gasteiger partial charge in [0.25, 0.3) is 5.91 Å². The minimum absolute atomic E-state index is 0.120. The maximum absolute atomic E-state index is 15.3. The van der Waals surface area contributed by atoms with Crippen LogP contribution in [0.5, 0.6) is 17.2 Å². The SMILES string of the molecule is CNC(=O)CC[C@@H](C(=O)NCc1ccc(O)c(O)c1)N(C(=O)c1ccc(O)c([N+](=O)[O-])c1)C(c1ccccc1)(c1ccccc1)c1ccccc1. The molecule has 5 rings (SSSR count). The van der Waals surface area contributed by atoms with Gasteiger partial charge in [0.15, 0.2) is 17.2 Å². The zero-order valence-corrected chi connectivity index (χ0v) is 27.6. The molecule has 0 saturated heterocycles. The number of hydrogen-bond donors (Lipinski definition) is 5. The Labute approximate surface area is 293 Å². The van der Waals surface area contributed by atoms with Gasteiger partial charge < -0.3 is 30.9 Å². The van der Waals surface area contributed by atoms with Crippen molar-refractivity contribution in [1.82, 2.24) is 15.5 Å². The molecule has 5 N–H and O–H groups in total. The molecule has 260 valence electrons. The van der Waals surface area contributed by atoms with Crippen molar-refractivity contribution >= 4 is 23.4 Å². The Morgan fingerprint density at radius 2 is 1.27 bits per heavy atom. The van der Waals surface area contributed by atoms with E-state index in [2.05, 4.69) is 10.6 Å². The minimum Gasteiger partial charge on any atom is -0.504 e. The van der Waals surface area contributed by atoms with E-state index in [1.54, 1.807) is 36.4 Å². The van der Waals surface area contributed by atoms with E-state index in [0.29, 0.717) is 22.3 Å². The highest BCUT2D eigenvalue weighted by atomic mass is 16.6. The van der Waals surface area contributed by atoms with Gasteiger partial charge in [-0.2, -0.15) is 0 Å². The summed E-state index contributed by atoms with van der Waals surface area (Å²) >= 11 is 0. The van der Waals surface area contributed by atoms with Crippen LogP contribution in [-0.2, 0) is 21.7 Å². The molecule has 0 bridgehead atoms. The molecule has 0 spiro atoms. The Morgan fingerprint density at radius 1 is 0.745 bits per heavy atom. The first-order chi connectivity index (χ1) is 24.6. The highest BCUT2D eigenvalue weighted by molar-refractivity contribution is 6.00. The zero-order valence-electron chi connectivity index (χ0n) is 27.6. The first-order valence-electron chi connectivity index (χ1n) is 16.0. The molecule has 0 aliphatic heterocycles. The van der Waals surface area contributed by atoms with Crippen molar-refractivity contribution in [2.75, 3.05) is 7.05 Å². The molecule has 12 heteroatoms. The van der Waals surface area contributed by atoms with Gasteiger partial charge in [-0.05, 0) is 52.9 Å². The topological polar surface area (TPSA) is 182 Å². The van der Waals surface area contributed by atoms with E-state index in [0.717, 1.165) is 12.1 Å². The number of carbonyl (C=O) groups is 3. The number of phenols is 3. The standard InChI is InChI=1S/C39H36N4O8/c1-40-36(47)22-19-31(37(48)41-25-26-17-20-34(45)35(46)23-26)42(38(49)27-18-21-33(44)32(24-27)43(50)51)39(28-11-5-2-6-12-28,29-13-7-3-8-14-29)30-15-9-4-10-16-30/h2-18,20-21,23-24,31,44-46H,19,22,25H2,1H3,(H,40,47)(H,41,48)/t31-/m0/s1. The summed E-state index contributed by atoms with van der Waals surface area (Å²) in [5.41, 5.74) is -0.302. The lowest BCUT2D eigenvalue weighted by Crippen LogP contribution is -2.60. The fourth-order valence-electron chi connectivity index (χ4n) is 6.18. The number of amides is 3. The Kier molecular flexibility index (Phi) is 11.0. The number of hydrogen-bond acceptors (Lipinski definition) is 8. The summed E-state index contributed by atoms with van der Waals surface area (Å²) in [4.78, 5) is 55.2. The van der Waals surface area contributed by atoms with Gasteiger partial charge in [0, 0.05) is 31.6 Å². The van der Waals surface area contributed by atoms with Gasteiger partial charge >= 0.3 is 5.69 Å². The monoisotopic (exact) mass is 688 g/mol. The summed E-state index contributed by atoms with van der Waals surface area (Å²) in [6, 6.07) is 33.0. The van der Waals surface area contributed by atoms with E-state index in [-0.39, 0.29) is 36.4 Å². The van der Waals surface area contributed by atoms with Crippen LogP contribution in [0.15, 0.2) is 127 Å². The number of nitrogens with zero attached hydrogens (tertiary/aromatic N) is 2. The van der Waals surface area contributed by atoms with E-state index >= 15 is 4.79 Å². The maximum atomic E-state index is 15.3. The van der Waals surface area contributed by atoms with Crippen LogP contribution in [0.4, 0.5) is 5.69 Å². The van der Waals surface area contributed by atoms with E-state index in [9.17, 15) is 35.0 Å². The number of nitro benzene ring substituents is 1. The molecule has 0 radical (unpaired) electrons. The fourth-order valence-corrected chi connectivity index (χ4v) is 6.18. The molecule has 0 heterocycles. The van der Waals surface area contributed by atoms with Gasteiger partial charge in [-0.1, -0.05) is 97.1 Å². The van der Waals surface area contributed by atoms with Gasteiger partial charge in [0.2, 0.25) is 11.8 Å². The van der Waals surface area contributed by atoms with E-state index in [1.165, 1.54) is 36.2 Å². The number of carbonyl (C=O) groups excluding carboxylic acids is 3. The summed E-state index contributed by atoms with van der Waals surface area (Å²) in [7, 11) is 1.45. The first kappa shape index (κ1) is 35.6. The predicted octanol–water partition coefficient (Wildman–Crippen LogP) is 5.36. The lowest BCUT2D eigenvalue weighted by atomic mass is 9.74. The summed E-state index contributed by atoms with van der Waals surface area (Å²) in [6.07, 6.45) is -0.352. The molecule has 3 amide bonds. The second kappa shape index (κ2) is 15.7. The molecule has 5 aromatic rings. The molecule has 1 atom stereocenters. The van der Waals surface area contributed by atoms with Crippen LogP contribution in [0, 0.1) is 10.1 Å². The zero-order chi connectivity index (χ0) is 36.5. The number of aromatic hydroxyl groups is 3. The smallest absolute Gasteiger partial charge is 0.311 e. The predicted molar refractivity (Wildman–Crippen MR) is 189 cm³/mol. The number of rotatable bonds is 13. The lowest BCUT2D eigenvalue weighted by molar-refractivity contribution is -0.385. The van der Waals surface area contributed by atoms with E-state index in [1.807, 2.05) is 54.6 Å². The van der Waals surface area contributed by atoms with Crippen LogP contribution in [0.25, 0.3) is 0 Å². The second-order valence-corrected chi connectivity index (χ2v) is 11.7. The van der Waals surface area contributed by atoms with Crippen LogP contribution >= 0.6 is 0 Å². The van der Waals surface area contributed by atoms with Crippen molar-refractivity contribution < 1.29 is 34.6 Å². The third-order valence-corrected chi connectivity index (χ3v) is 8.62.